The van der Waals surface area contributed by atoms with Crippen molar-refractivity contribution in [3.63, 3.8) is 0 Å². The number of amides is 2. The van der Waals surface area contributed by atoms with Gasteiger partial charge in [-0.15, -0.1) is 0 Å². The summed E-state index contributed by atoms with van der Waals surface area (Å²) in [7, 11) is -3.23. The number of carbonyl (C=O) groups excluding carboxylic acids is 1. The number of nitrogens with zero attached hydrogens (tertiary/aromatic N) is 1. The molecule has 0 saturated carbocycles. The summed E-state index contributed by atoms with van der Waals surface area (Å²) in [4.78, 5) is 12.0. The molecule has 0 aliphatic carbocycles. The molecule has 0 spiro atoms. The molecule has 3 rings (SSSR count). The maximum absolute atomic E-state index is 12.1. The average Bonchev–Trinajstić information content (AvgIpc) is 2.54. The van der Waals surface area contributed by atoms with Crippen molar-refractivity contribution >= 4 is 33.3 Å². The number of nitrogens with one attached hydrogen (secondary N) is 2. The topological polar surface area (TPSA) is 78.5 Å². The zero-order valence-electron chi connectivity index (χ0n) is 14.1. The Bertz CT molecular complexity index is 864. The minimum absolute atomic E-state index is 0.0178. The lowest BCUT2D eigenvalue weighted by molar-refractivity contribution is 0.251. The number of anilines is 1. The molecule has 0 radical (unpaired) electrons. The van der Waals surface area contributed by atoms with E-state index in [-0.39, 0.29) is 11.8 Å². The Morgan fingerprint density at radius 2 is 1.62 bits per heavy atom. The first-order chi connectivity index (χ1) is 12.4. The summed E-state index contributed by atoms with van der Waals surface area (Å²) >= 11 is 5.82. The largest absolute Gasteiger partial charge is 0.334 e. The van der Waals surface area contributed by atoms with Crippen molar-refractivity contribution in [1.29, 1.82) is 0 Å². The van der Waals surface area contributed by atoms with Gasteiger partial charge in [-0.1, -0.05) is 35.9 Å². The first-order valence-corrected chi connectivity index (χ1v) is 10.3. The lowest BCUT2D eigenvalue weighted by Gasteiger charge is -2.29. The van der Waals surface area contributed by atoms with E-state index in [2.05, 4.69) is 10.6 Å². The summed E-state index contributed by atoms with van der Waals surface area (Å²) in [6.45, 7) is 1.60. The van der Waals surface area contributed by atoms with Gasteiger partial charge in [0.15, 0.2) is 0 Å². The van der Waals surface area contributed by atoms with Crippen LogP contribution in [0.2, 0.25) is 5.02 Å². The van der Waals surface area contributed by atoms with Crippen LogP contribution in [0.25, 0.3) is 0 Å². The lowest BCUT2D eigenvalue weighted by Crippen LogP contribution is -2.42. The van der Waals surface area contributed by atoms with E-state index in [0.29, 0.717) is 35.9 Å². The van der Waals surface area contributed by atoms with Crippen molar-refractivity contribution in [2.75, 3.05) is 18.4 Å². The van der Waals surface area contributed by atoms with Crippen molar-refractivity contribution in [1.82, 2.24) is 9.62 Å². The first-order valence-electron chi connectivity index (χ1n) is 8.28. The molecule has 6 nitrogen and oxygen atoms in total. The van der Waals surface area contributed by atoms with E-state index in [4.69, 9.17) is 11.6 Å². The maximum atomic E-state index is 12.1. The molecular formula is C18H20ClN3O3S. The van der Waals surface area contributed by atoms with Gasteiger partial charge >= 0.3 is 6.03 Å². The van der Waals surface area contributed by atoms with Crippen LogP contribution in [-0.2, 0) is 22.3 Å². The number of hydrogen-bond acceptors (Lipinski definition) is 3. The molecule has 2 aromatic carbocycles. The van der Waals surface area contributed by atoms with Crippen molar-refractivity contribution in [2.24, 2.45) is 0 Å². The van der Waals surface area contributed by atoms with Gasteiger partial charge in [-0.3, -0.25) is 0 Å². The molecule has 1 aliphatic rings. The SMILES string of the molecule is O=C(NCc1ccc(Cl)cc1)Nc1ccc(CS(=O)(=O)N2CCC2)cc1. The maximum Gasteiger partial charge on any atom is 0.319 e. The van der Waals surface area contributed by atoms with Gasteiger partial charge < -0.3 is 10.6 Å². The van der Waals surface area contributed by atoms with Crippen molar-refractivity contribution in [3.8, 4) is 0 Å². The molecule has 2 amide bonds. The van der Waals surface area contributed by atoms with Crippen LogP contribution >= 0.6 is 11.6 Å². The van der Waals surface area contributed by atoms with E-state index in [1.807, 2.05) is 12.1 Å². The Balaban J connectivity index is 1.50. The van der Waals surface area contributed by atoms with E-state index in [1.54, 1.807) is 36.4 Å². The number of hydrogen-bond donors (Lipinski definition) is 2. The molecule has 1 heterocycles. The summed E-state index contributed by atoms with van der Waals surface area (Å²) in [6, 6.07) is 13.7. The van der Waals surface area contributed by atoms with Crippen LogP contribution in [0.1, 0.15) is 17.5 Å². The molecule has 1 aliphatic heterocycles. The highest BCUT2D eigenvalue weighted by molar-refractivity contribution is 7.88. The Hall–Kier alpha value is -2.09. The van der Waals surface area contributed by atoms with Crippen LogP contribution in [0, 0.1) is 0 Å². The standard InChI is InChI=1S/C18H20ClN3O3S/c19-16-6-2-14(3-7-16)12-20-18(23)21-17-8-4-15(5-9-17)13-26(24,25)22-10-1-11-22/h2-9H,1,10-13H2,(H2,20,21,23). The van der Waals surface area contributed by atoms with Gasteiger partial charge in [-0.05, 0) is 41.8 Å². The monoisotopic (exact) mass is 393 g/mol. The summed E-state index contributed by atoms with van der Waals surface area (Å²) in [5, 5.41) is 6.12. The summed E-state index contributed by atoms with van der Waals surface area (Å²) < 4.78 is 25.7. The Kier molecular flexibility index (Phi) is 5.80. The van der Waals surface area contributed by atoms with E-state index < -0.39 is 10.0 Å². The summed E-state index contributed by atoms with van der Waals surface area (Å²) in [5.74, 6) is -0.0178. The van der Waals surface area contributed by atoms with Crippen LogP contribution in [-0.4, -0.2) is 31.8 Å². The lowest BCUT2D eigenvalue weighted by atomic mass is 10.2. The highest BCUT2D eigenvalue weighted by Crippen LogP contribution is 2.18. The number of halogens is 1. The van der Waals surface area contributed by atoms with Gasteiger partial charge in [0.25, 0.3) is 0 Å². The normalized spacial score (nSPS) is 14.5. The fourth-order valence-corrected chi connectivity index (χ4v) is 4.25. The third kappa shape index (κ3) is 4.97. The molecular weight excluding hydrogens is 374 g/mol. The molecule has 0 aromatic heterocycles. The first kappa shape index (κ1) is 18.7. The molecule has 1 fully saturated rings. The molecule has 26 heavy (non-hydrogen) atoms. The number of rotatable bonds is 6. The van der Waals surface area contributed by atoms with Gasteiger partial charge in [0.05, 0.1) is 5.75 Å². The van der Waals surface area contributed by atoms with Gasteiger partial charge in [0.2, 0.25) is 10.0 Å². The van der Waals surface area contributed by atoms with Gasteiger partial charge in [0.1, 0.15) is 0 Å². The highest BCUT2D eigenvalue weighted by Gasteiger charge is 2.27. The molecule has 8 heteroatoms. The molecule has 1 saturated heterocycles. The van der Waals surface area contributed by atoms with Crippen LogP contribution < -0.4 is 10.6 Å². The van der Waals surface area contributed by atoms with Crippen LogP contribution in [0.5, 0.6) is 0 Å². The fourth-order valence-electron chi connectivity index (χ4n) is 2.51. The van der Waals surface area contributed by atoms with Crippen LogP contribution in [0.3, 0.4) is 0 Å². The molecule has 0 bridgehead atoms. The fraction of sp³-hybridized carbons (Fsp3) is 0.278. The molecule has 2 N–H and O–H groups in total. The summed E-state index contributed by atoms with van der Waals surface area (Å²) in [6.07, 6.45) is 0.924. The van der Waals surface area contributed by atoms with Crippen molar-refractivity contribution in [2.45, 2.75) is 18.7 Å². The predicted octanol–water partition coefficient (Wildman–Crippen LogP) is 3.20. The molecule has 2 aromatic rings. The number of urea groups is 1. The minimum atomic E-state index is -3.23. The zero-order chi connectivity index (χ0) is 18.6. The molecule has 0 atom stereocenters. The highest BCUT2D eigenvalue weighted by atomic mass is 35.5. The van der Waals surface area contributed by atoms with E-state index in [1.165, 1.54) is 4.31 Å². The summed E-state index contributed by atoms with van der Waals surface area (Å²) in [5.41, 5.74) is 2.24. The van der Waals surface area contributed by atoms with Gasteiger partial charge in [-0.25, -0.2) is 17.5 Å². The van der Waals surface area contributed by atoms with Crippen molar-refractivity contribution in [3.05, 3.63) is 64.7 Å². The van der Waals surface area contributed by atoms with E-state index in [0.717, 1.165) is 12.0 Å². The Labute approximate surface area is 158 Å². The Morgan fingerprint density at radius 1 is 1.00 bits per heavy atom. The smallest absolute Gasteiger partial charge is 0.319 e. The number of carbonyl (C=O) groups is 1. The van der Waals surface area contributed by atoms with Crippen molar-refractivity contribution < 1.29 is 13.2 Å². The van der Waals surface area contributed by atoms with E-state index >= 15 is 0 Å². The number of benzene rings is 2. The van der Waals surface area contributed by atoms with Crippen LogP contribution in [0.15, 0.2) is 48.5 Å². The van der Waals surface area contributed by atoms with Gasteiger partial charge in [0, 0.05) is 30.3 Å². The van der Waals surface area contributed by atoms with E-state index in [9.17, 15) is 13.2 Å². The Morgan fingerprint density at radius 3 is 2.19 bits per heavy atom. The third-order valence-corrected chi connectivity index (χ3v) is 6.24. The number of sulfonamides is 1. The molecule has 0 unspecified atom stereocenters. The second-order valence-corrected chi connectivity index (χ2v) is 8.55. The zero-order valence-corrected chi connectivity index (χ0v) is 15.7. The van der Waals surface area contributed by atoms with Gasteiger partial charge in [-0.2, -0.15) is 0 Å². The average molecular weight is 394 g/mol. The minimum Gasteiger partial charge on any atom is -0.334 e. The molecule has 138 valence electrons. The predicted molar refractivity (Wildman–Crippen MR) is 103 cm³/mol. The third-order valence-electron chi connectivity index (χ3n) is 4.14. The second kappa shape index (κ2) is 8.07. The second-order valence-electron chi connectivity index (χ2n) is 6.14. The van der Waals surface area contributed by atoms with Crippen LogP contribution in [0.4, 0.5) is 10.5 Å². The quantitative estimate of drug-likeness (QED) is 0.791.